The molecule has 0 saturated heterocycles. The lowest BCUT2D eigenvalue weighted by molar-refractivity contribution is -0.116. The first-order valence-corrected chi connectivity index (χ1v) is 7.63. The summed E-state index contributed by atoms with van der Waals surface area (Å²) in [5.41, 5.74) is 0.797. The molecule has 0 saturated carbocycles. The van der Waals surface area contributed by atoms with E-state index in [-0.39, 0.29) is 28.9 Å². The lowest BCUT2D eigenvalue weighted by Gasteiger charge is -2.22. The van der Waals surface area contributed by atoms with Crippen molar-refractivity contribution in [3.05, 3.63) is 59.1 Å². The largest absolute Gasteiger partial charge is 0.371 e. The number of nitrogens with zero attached hydrogens (tertiary/aromatic N) is 1. The Morgan fingerprint density at radius 3 is 2.65 bits per heavy atom. The fourth-order valence-electron chi connectivity index (χ4n) is 2.18. The van der Waals surface area contributed by atoms with Gasteiger partial charge in [0.25, 0.3) is 0 Å². The van der Waals surface area contributed by atoms with Crippen LogP contribution in [0.3, 0.4) is 0 Å². The van der Waals surface area contributed by atoms with Crippen LogP contribution in [0.2, 0.25) is 5.02 Å². The summed E-state index contributed by atoms with van der Waals surface area (Å²) in [5, 5.41) is 2.77. The van der Waals surface area contributed by atoms with Crippen molar-refractivity contribution < 1.29 is 13.6 Å². The van der Waals surface area contributed by atoms with Crippen LogP contribution < -0.4 is 10.2 Å². The van der Waals surface area contributed by atoms with Crippen LogP contribution in [0.5, 0.6) is 0 Å². The molecule has 122 valence electrons. The third-order valence-electron chi connectivity index (χ3n) is 3.37. The van der Waals surface area contributed by atoms with Crippen molar-refractivity contribution in [1.82, 2.24) is 0 Å². The van der Waals surface area contributed by atoms with E-state index in [1.54, 1.807) is 12.1 Å². The number of hydrogen-bond donors (Lipinski definition) is 1. The molecule has 0 atom stereocenters. The van der Waals surface area contributed by atoms with Gasteiger partial charge in [-0.3, -0.25) is 4.79 Å². The van der Waals surface area contributed by atoms with Gasteiger partial charge in [0.15, 0.2) is 0 Å². The summed E-state index contributed by atoms with van der Waals surface area (Å²) in [5.74, 6) is -1.22. The quantitative estimate of drug-likeness (QED) is 0.842. The Kier molecular flexibility index (Phi) is 5.93. The Bertz CT molecular complexity index is 694. The zero-order valence-electron chi connectivity index (χ0n) is 12.7. The molecule has 0 bridgehead atoms. The Hall–Kier alpha value is -2.14. The van der Waals surface area contributed by atoms with Gasteiger partial charge < -0.3 is 10.2 Å². The van der Waals surface area contributed by atoms with Crippen LogP contribution in [0.1, 0.15) is 13.3 Å². The number of anilines is 2. The smallest absolute Gasteiger partial charge is 0.226 e. The van der Waals surface area contributed by atoms with Crippen molar-refractivity contribution in [2.24, 2.45) is 0 Å². The summed E-state index contributed by atoms with van der Waals surface area (Å²) in [4.78, 5) is 13.8. The summed E-state index contributed by atoms with van der Waals surface area (Å²) in [6.45, 7) is 2.95. The van der Waals surface area contributed by atoms with E-state index in [1.165, 1.54) is 24.3 Å². The standard InChI is InChI=1S/C17H17ClF2N2O/c1-2-22(14-5-3-4-13(19)11-14)9-8-17(23)21-16-7-6-12(18)10-15(16)20/h3-7,10-11H,2,8-9H2,1H3,(H,21,23). The Labute approximate surface area is 138 Å². The molecule has 23 heavy (non-hydrogen) atoms. The number of nitrogens with one attached hydrogen (secondary N) is 1. The van der Waals surface area contributed by atoms with E-state index >= 15 is 0 Å². The summed E-state index contributed by atoms with van der Waals surface area (Å²) in [6, 6.07) is 10.3. The number of carbonyl (C=O) groups is 1. The molecule has 6 heteroatoms. The van der Waals surface area contributed by atoms with Gasteiger partial charge in [-0.05, 0) is 43.3 Å². The van der Waals surface area contributed by atoms with Crippen LogP contribution in [0.4, 0.5) is 20.2 Å². The summed E-state index contributed by atoms with van der Waals surface area (Å²) in [7, 11) is 0. The number of carbonyl (C=O) groups excluding carboxylic acids is 1. The second kappa shape index (κ2) is 7.92. The van der Waals surface area contributed by atoms with E-state index in [2.05, 4.69) is 5.32 Å². The van der Waals surface area contributed by atoms with Gasteiger partial charge in [-0.1, -0.05) is 17.7 Å². The van der Waals surface area contributed by atoms with Crippen LogP contribution in [-0.2, 0) is 4.79 Å². The third-order valence-corrected chi connectivity index (χ3v) is 3.60. The SMILES string of the molecule is CCN(CCC(=O)Nc1ccc(Cl)cc1F)c1cccc(F)c1. The molecule has 0 aliphatic rings. The zero-order chi connectivity index (χ0) is 16.8. The minimum absolute atomic E-state index is 0.0909. The van der Waals surface area contributed by atoms with Crippen LogP contribution in [0.25, 0.3) is 0 Å². The second-order valence-electron chi connectivity index (χ2n) is 4.98. The van der Waals surface area contributed by atoms with Gasteiger partial charge in [0.2, 0.25) is 5.91 Å². The normalized spacial score (nSPS) is 10.4. The number of hydrogen-bond acceptors (Lipinski definition) is 2. The molecule has 0 fully saturated rings. The molecule has 0 aromatic heterocycles. The molecule has 1 amide bonds. The maximum atomic E-state index is 13.6. The molecular weight excluding hydrogens is 322 g/mol. The first kappa shape index (κ1) is 17.2. The fourth-order valence-corrected chi connectivity index (χ4v) is 2.34. The van der Waals surface area contributed by atoms with Gasteiger partial charge in [-0.15, -0.1) is 0 Å². The van der Waals surface area contributed by atoms with Crippen LogP contribution in [-0.4, -0.2) is 19.0 Å². The van der Waals surface area contributed by atoms with Crippen molar-refractivity contribution in [1.29, 1.82) is 0 Å². The van der Waals surface area contributed by atoms with Gasteiger partial charge in [0.1, 0.15) is 11.6 Å². The van der Waals surface area contributed by atoms with E-state index in [0.29, 0.717) is 18.8 Å². The second-order valence-corrected chi connectivity index (χ2v) is 5.42. The zero-order valence-corrected chi connectivity index (χ0v) is 13.4. The van der Waals surface area contributed by atoms with E-state index in [4.69, 9.17) is 11.6 Å². The molecule has 0 unspecified atom stereocenters. The van der Waals surface area contributed by atoms with Crippen LogP contribution >= 0.6 is 11.6 Å². The number of rotatable bonds is 6. The number of halogens is 3. The Morgan fingerprint density at radius 2 is 2.00 bits per heavy atom. The Balaban J connectivity index is 1.94. The molecule has 0 radical (unpaired) electrons. The highest BCUT2D eigenvalue weighted by molar-refractivity contribution is 6.30. The maximum absolute atomic E-state index is 13.6. The van der Waals surface area contributed by atoms with Gasteiger partial charge in [-0.2, -0.15) is 0 Å². The molecular formula is C17H17ClF2N2O. The third kappa shape index (κ3) is 4.93. The molecule has 1 N–H and O–H groups in total. The average molecular weight is 339 g/mol. The van der Waals surface area contributed by atoms with Crippen molar-refractivity contribution >= 4 is 28.9 Å². The molecule has 2 aromatic carbocycles. The Morgan fingerprint density at radius 1 is 1.22 bits per heavy atom. The van der Waals surface area contributed by atoms with Gasteiger partial charge in [0, 0.05) is 30.2 Å². The summed E-state index contributed by atoms with van der Waals surface area (Å²) in [6.07, 6.45) is 0.159. The fraction of sp³-hybridized carbons (Fsp3) is 0.235. The van der Waals surface area contributed by atoms with Crippen molar-refractivity contribution in [3.8, 4) is 0 Å². The van der Waals surface area contributed by atoms with Crippen LogP contribution in [0.15, 0.2) is 42.5 Å². The molecule has 2 rings (SSSR count). The van der Waals surface area contributed by atoms with Crippen molar-refractivity contribution in [2.75, 3.05) is 23.3 Å². The highest BCUT2D eigenvalue weighted by Crippen LogP contribution is 2.19. The van der Waals surface area contributed by atoms with Crippen LogP contribution in [0, 0.1) is 11.6 Å². The highest BCUT2D eigenvalue weighted by atomic mass is 35.5. The monoisotopic (exact) mass is 338 g/mol. The topological polar surface area (TPSA) is 32.3 Å². The summed E-state index contributed by atoms with van der Waals surface area (Å²) >= 11 is 5.67. The minimum atomic E-state index is -0.580. The van der Waals surface area contributed by atoms with E-state index in [1.807, 2.05) is 11.8 Å². The molecule has 0 heterocycles. The van der Waals surface area contributed by atoms with Crippen molar-refractivity contribution in [2.45, 2.75) is 13.3 Å². The van der Waals surface area contributed by atoms with Crippen molar-refractivity contribution in [3.63, 3.8) is 0 Å². The van der Waals surface area contributed by atoms with Gasteiger partial charge in [-0.25, -0.2) is 8.78 Å². The molecule has 3 nitrogen and oxygen atoms in total. The van der Waals surface area contributed by atoms with E-state index < -0.39 is 5.82 Å². The van der Waals surface area contributed by atoms with E-state index in [9.17, 15) is 13.6 Å². The lowest BCUT2D eigenvalue weighted by Crippen LogP contribution is -2.27. The number of amides is 1. The van der Waals surface area contributed by atoms with E-state index in [0.717, 1.165) is 6.07 Å². The molecule has 0 aliphatic carbocycles. The molecule has 0 spiro atoms. The first-order valence-electron chi connectivity index (χ1n) is 7.25. The molecule has 0 aliphatic heterocycles. The average Bonchev–Trinajstić information content (AvgIpc) is 2.51. The minimum Gasteiger partial charge on any atom is -0.371 e. The molecule has 2 aromatic rings. The van der Waals surface area contributed by atoms with Gasteiger partial charge in [0.05, 0.1) is 5.69 Å². The number of benzene rings is 2. The summed E-state index contributed by atoms with van der Waals surface area (Å²) < 4.78 is 26.9. The van der Waals surface area contributed by atoms with Gasteiger partial charge >= 0.3 is 0 Å². The highest BCUT2D eigenvalue weighted by Gasteiger charge is 2.11. The first-order chi connectivity index (χ1) is 11.0. The predicted octanol–water partition coefficient (Wildman–Crippen LogP) is 4.47. The maximum Gasteiger partial charge on any atom is 0.226 e. The predicted molar refractivity (Wildman–Crippen MR) is 88.9 cm³/mol. The lowest BCUT2D eigenvalue weighted by atomic mass is 10.2.